The number of aromatic hydroxyl groups is 3. The Labute approximate surface area is 155 Å². The average molecular weight is 426 g/mol. The molecule has 0 aromatic heterocycles. The van der Waals surface area contributed by atoms with Gasteiger partial charge in [0.2, 0.25) is 0 Å². The molecule has 0 spiro atoms. The van der Waals surface area contributed by atoms with Crippen molar-refractivity contribution >= 4 is 45.1 Å². The highest BCUT2D eigenvalue weighted by Crippen LogP contribution is 2.35. The molecule has 0 unspecified atom stereocenters. The summed E-state index contributed by atoms with van der Waals surface area (Å²) in [6, 6.07) is 8.46. The summed E-state index contributed by atoms with van der Waals surface area (Å²) in [6.07, 6.45) is 0. The molecule has 2 rings (SSSR count). The molecule has 0 saturated heterocycles. The SMILES string of the molecule is O=C(NNC(=S)NC(=O)c1ccc(Br)cc1)c1cc(O)c(O)c(O)c1. The van der Waals surface area contributed by atoms with E-state index in [9.17, 15) is 24.9 Å². The van der Waals surface area contributed by atoms with Crippen LogP contribution in [0.1, 0.15) is 20.7 Å². The van der Waals surface area contributed by atoms with Crippen molar-refractivity contribution in [2.75, 3.05) is 0 Å². The molecule has 0 fully saturated rings. The topological polar surface area (TPSA) is 131 Å². The number of hydrogen-bond acceptors (Lipinski definition) is 6. The summed E-state index contributed by atoms with van der Waals surface area (Å²) < 4.78 is 0.817. The third-order valence-corrected chi connectivity index (χ3v) is 3.69. The van der Waals surface area contributed by atoms with Gasteiger partial charge in [-0.2, -0.15) is 0 Å². The van der Waals surface area contributed by atoms with Gasteiger partial charge in [-0.3, -0.25) is 25.8 Å². The van der Waals surface area contributed by atoms with Crippen LogP contribution in [0.25, 0.3) is 0 Å². The summed E-state index contributed by atoms with van der Waals surface area (Å²) in [7, 11) is 0. The molecule has 0 saturated carbocycles. The molecule has 2 aromatic carbocycles. The molecule has 0 aliphatic heterocycles. The third-order valence-electron chi connectivity index (χ3n) is 2.95. The minimum Gasteiger partial charge on any atom is -0.504 e. The predicted molar refractivity (Wildman–Crippen MR) is 96.2 cm³/mol. The van der Waals surface area contributed by atoms with Gasteiger partial charge in [0.25, 0.3) is 11.8 Å². The number of carbonyl (C=O) groups excluding carboxylic acids is 2. The Balaban J connectivity index is 1.92. The van der Waals surface area contributed by atoms with Crippen LogP contribution in [0.2, 0.25) is 0 Å². The van der Waals surface area contributed by atoms with Crippen molar-refractivity contribution in [2.24, 2.45) is 0 Å². The number of benzene rings is 2. The van der Waals surface area contributed by atoms with Gasteiger partial charge in [0.15, 0.2) is 22.4 Å². The molecule has 2 amide bonds. The maximum Gasteiger partial charge on any atom is 0.269 e. The van der Waals surface area contributed by atoms with Gasteiger partial charge in [-0.15, -0.1) is 0 Å². The zero-order valence-electron chi connectivity index (χ0n) is 12.4. The lowest BCUT2D eigenvalue weighted by Crippen LogP contribution is -2.48. The van der Waals surface area contributed by atoms with E-state index in [2.05, 4.69) is 32.1 Å². The van der Waals surface area contributed by atoms with E-state index in [1.54, 1.807) is 24.3 Å². The molecular weight excluding hydrogens is 414 g/mol. The summed E-state index contributed by atoms with van der Waals surface area (Å²) in [6.45, 7) is 0. The van der Waals surface area contributed by atoms with Crippen molar-refractivity contribution in [3.05, 3.63) is 52.0 Å². The maximum absolute atomic E-state index is 11.9. The number of halogens is 1. The Morgan fingerprint density at radius 1 is 0.880 bits per heavy atom. The number of amides is 2. The molecule has 0 heterocycles. The van der Waals surface area contributed by atoms with Gasteiger partial charge in [0.05, 0.1) is 0 Å². The highest BCUT2D eigenvalue weighted by atomic mass is 79.9. The molecule has 8 nitrogen and oxygen atoms in total. The van der Waals surface area contributed by atoms with E-state index >= 15 is 0 Å². The molecule has 0 bridgehead atoms. The van der Waals surface area contributed by atoms with Crippen molar-refractivity contribution in [2.45, 2.75) is 0 Å². The fourth-order valence-electron chi connectivity index (χ4n) is 1.73. The van der Waals surface area contributed by atoms with Crippen LogP contribution in [0.5, 0.6) is 17.2 Å². The number of carbonyl (C=O) groups is 2. The highest BCUT2D eigenvalue weighted by Gasteiger charge is 2.14. The first-order chi connectivity index (χ1) is 11.8. The van der Waals surface area contributed by atoms with Crippen LogP contribution < -0.4 is 16.2 Å². The van der Waals surface area contributed by atoms with E-state index in [4.69, 9.17) is 12.2 Å². The van der Waals surface area contributed by atoms with E-state index in [-0.39, 0.29) is 10.7 Å². The smallest absolute Gasteiger partial charge is 0.269 e. The predicted octanol–water partition coefficient (Wildman–Crippen LogP) is 1.52. The second kappa shape index (κ2) is 7.81. The first-order valence-corrected chi connectivity index (χ1v) is 7.90. The average Bonchev–Trinajstić information content (AvgIpc) is 2.57. The third kappa shape index (κ3) is 4.81. The number of thiocarbonyl (C=S) groups is 1. The summed E-state index contributed by atoms with van der Waals surface area (Å²) in [5.41, 5.74) is 4.72. The molecule has 130 valence electrons. The van der Waals surface area contributed by atoms with Gasteiger partial charge < -0.3 is 15.3 Å². The van der Waals surface area contributed by atoms with E-state index < -0.39 is 29.1 Å². The summed E-state index contributed by atoms with van der Waals surface area (Å²) in [5, 5.41) is 30.2. The van der Waals surface area contributed by atoms with Gasteiger partial charge in [-0.25, -0.2) is 0 Å². The number of hydrogen-bond donors (Lipinski definition) is 6. The van der Waals surface area contributed by atoms with Gasteiger partial charge >= 0.3 is 0 Å². The van der Waals surface area contributed by atoms with Crippen LogP contribution >= 0.6 is 28.1 Å². The zero-order chi connectivity index (χ0) is 18.6. The van der Waals surface area contributed by atoms with Crippen LogP contribution in [0.15, 0.2) is 40.9 Å². The largest absolute Gasteiger partial charge is 0.504 e. The summed E-state index contributed by atoms with van der Waals surface area (Å²) >= 11 is 8.15. The second-order valence-electron chi connectivity index (χ2n) is 4.73. The van der Waals surface area contributed by atoms with E-state index in [1.807, 2.05) is 0 Å². The quantitative estimate of drug-likeness (QED) is 0.244. The summed E-state index contributed by atoms with van der Waals surface area (Å²) in [5.74, 6) is -3.28. The lowest BCUT2D eigenvalue weighted by molar-refractivity contribution is 0.0934. The monoisotopic (exact) mass is 425 g/mol. The van der Waals surface area contributed by atoms with E-state index in [1.165, 1.54) is 0 Å². The van der Waals surface area contributed by atoms with Crippen molar-refractivity contribution < 1.29 is 24.9 Å². The van der Waals surface area contributed by atoms with Crippen molar-refractivity contribution in [1.82, 2.24) is 16.2 Å². The highest BCUT2D eigenvalue weighted by molar-refractivity contribution is 9.10. The molecular formula is C15H12BrN3O5S. The Hall–Kier alpha value is -2.85. The second-order valence-corrected chi connectivity index (χ2v) is 6.06. The first kappa shape index (κ1) is 18.5. The molecule has 25 heavy (non-hydrogen) atoms. The Morgan fingerprint density at radius 2 is 1.44 bits per heavy atom. The molecule has 6 N–H and O–H groups in total. The van der Waals surface area contributed by atoms with Gasteiger partial charge in [0, 0.05) is 15.6 Å². The molecule has 0 aliphatic rings. The van der Waals surface area contributed by atoms with Gasteiger partial charge in [-0.1, -0.05) is 15.9 Å². The van der Waals surface area contributed by atoms with Crippen LogP contribution in [0.4, 0.5) is 0 Å². The Kier molecular flexibility index (Phi) is 5.78. The zero-order valence-corrected chi connectivity index (χ0v) is 14.8. The van der Waals surface area contributed by atoms with Crippen LogP contribution in [-0.2, 0) is 0 Å². The Morgan fingerprint density at radius 3 is 2.00 bits per heavy atom. The van der Waals surface area contributed by atoms with E-state index in [0.717, 1.165) is 16.6 Å². The molecule has 0 radical (unpaired) electrons. The van der Waals surface area contributed by atoms with Crippen LogP contribution in [-0.4, -0.2) is 32.2 Å². The Bertz CT molecular complexity index is 819. The molecule has 0 atom stereocenters. The number of nitrogens with one attached hydrogen (secondary N) is 3. The van der Waals surface area contributed by atoms with Crippen molar-refractivity contribution in [3.63, 3.8) is 0 Å². The fourth-order valence-corrected chi connectivity index (χ4v) is 2.14. The van der Waals surface area contributed by atoms with Gasteiger partial charge in [-0.05, 0) is 48.6 Å². The number of phenolic OH excluding ortho intramolecular Hbond substituents is 3. The molecule has 2 aromatic rings. The number of rotatable bonds is 2. The normalized spacial score (nSPS) is 9.96. The maximum atomic E-state index is 11.9. The number of phenols is 3. The van der Waals surface area contributed by atoms with Crippen molar-refractivity contribution in [3.8, 4) is 17.2 Å². The standard InChI is InChI=1S/C15H12BrN3O5S/c16-9-3-1-7(2-4-9)13(23)17-15(25)19-18-14(24)8-5-10(20)12(22)11(21)6-8/h1-6,20-22H,(H,18,24)(H2,17,19,23,25). The molecule has 10 heteroatoms. The minimum atomic E-state index is -0.758. The molecule has 0 aliphatic carbocycles. The van der Waals surface area contributed by atoms with Crippen LogP contribution in [0.3, 0.4) is 0 Å². The first-order valence-electron chi connectivity index (χ1n) is 6.70. The minimum absolute atomic E-state index is 0.137. The lowest BCUT2D eigenvalue weighted by Gasteiger charge is -2.11. The van der Waals surface area contributed by atoms with Gasteiger partial charge in [0.1, 0.15) is 0 Å². The summed E-state index contributed by atoms with van der Waals surface area (Å²) in [4.78, 5) is 23.9. The lowest BCUT2D eigenvalue weighted by atomic mass is 10.2. The fraction of sp³-hybridized carbons (Fsp3) is 0. The van der Waals surface area contributed by atoms with E-state index in [0.29, 0.717) is 5.56 Å². The van der Waals surface area contributed by atoms with Crippen LogP contribution in [0, 0.1) is 0 Å². The van der Waals surface area contributed by atoms with Crippen molar-refractivity contribution in [1.29, 1.82) is 0 Å². The number of hydrazine groups is 1.